The number of carboxylic acid groups (broad SMARTS) is 1. The van der Waals surface area contributed by atoms with Gasteiger partial charge in [0.2, 0.25) is 0 Å². The highest BCUT2D eigenvalue weighted by Crippen LogP contribution is 2.42. The number of ketones is 1. The summed E-state index contributed by atoms with van der Waals surface area (Å²) in [6.07, 6.45) is -0.789. The standard InChI is InChI=1S/C11H8Cl2O4/c1-4(14)6-2-5-3-7(11(15)16)17-10(5)9(13)8(6)12/h2,7H,3H2,1H3,(H,15,16). The summed E-state index contributed by atoms with van der Waals surface area (Å²) in [5.74, 6) is -1.04. The number of hydrogen-bond donors (Lipinski definition) is 1. The molecule has 1 atom stereocenters. The van der Waals surface area contributed by atoms with Gasteiger partial charge in [-0.25, -0.2) is 4.79 Å². The average Bonchev–Trinajstić information content (AvgIpc) is 2.67. The number of carbonyl (C=O) groups excluding carboxylic acids is 1. The molecule has 0 aliphatic carbocycles. The topological polar surface area (TPSA) is 63.6 Å². The number of rotatable bonds is 2. The normalized spacial score (nSPS) is 17.5. The van der Waals surface area contributed by atoms with Crippen LogP contribution in [0.25, 0.3) is 0 Å². The van der Waals surface area contributed by atoms with Crippen LogP contribution >= 0.6 is 23.2 Å². The van der Waals surface area contributed by atoms with Crippen LogP contribution in [0.2, 0.25) is 10.0 Å². The van der Waals surface area contributed by atoms with Crippen molar-refractivity contribution in [3.05, 3.63) is 27.2 Å². The lowest BCUT2D eigenvalue weighted by atomic mass is 10.0. The molecule has 0 bridgehead atoms. The van der Waals surface area contributed by atoms with Gasteiger partial charge in [0, 0.05) is 17.5 Å². The van der Waals surface area contributed by atoms with Crippen molar-refractivity contribution in [3.8, 4) is 5.75 Å². The van der Waals surface area contributed by atoms with Gasteiger partial charge in [0.05, 0.1) is 5.02 Å². The molecule has 1 aromatic carbocycles. The number of carbonyl (C=O) groups is 2. The molecule has 0 spiro atoms. The Bertz CT molecular complexity index is 525. The van der Waals surface area contributed by atoms with Crippen LogP contribution < -0.4 is 4.74 Å². The highest BCUT2D eigenvalue weighted by atomic mass is 35.5. The van der Waals surface area contributed by atoms with Crippen LogP contribution in [-0.4, -0.2) is 23.0 Å². The summed E-state index contributed by atoms with van der Waals surface area (Å²) in [5, 5.41) is 9.05. The maximum atomic E-state index is 11.3. The molecule has 0 saturated carbocycles. The number of benzene rings is 1. The summed E-state index contributed by atoms with van der Waals surface area (Å²) < 4.78 is 5.19. The van der Waals surface area contributed by atoms with E-state index in [1.54, 1.807) is 0 Å². The molecule has 1 aliphatic heterocycles. The first-order valence-electron chi connectivity index (χ1n) is 4.83. The van der Waals surface area contributed by atoms with Crippen molar-refractivity contribution in [1.82, 2.24) is 0 Å². The minimum atomic E-state index is -1.07. The lowest BCUT2D eigenvalue weighted by Crippen LogP contribution is -2.24. The molecule has 1 aliphatic rings. The molecular formula is C11H8Cl2O4. The molecule has 2 rings (SSSR count). The van der Waals surface area contributed by atoms with Gasteiger partial charge < -0.3 is 9.84 Å². The van der Waals surface area contributed by atoms with E-state index in [9.17, 15) is 9.59 Å². The predicted molar refractivity (Wildman–Crippen MR) is 62.2 cm³/mol. The van der Waals surface area contributed by atoms with E-state index in [0.29, 0.717) is 5.56 Å². The van der Waals surface area contributed by atoms with Crippen LogP contribution in [0.15, 0.2) is 6.07 Å². The average molecular weight is 275 g/mol. The number of carboxylic acids is 1. The Morgan fingerprint density at radius 3 is 2.59 bits per heavy atom. The van der Waals surface area contributed by atoms with E-state index in [0.717, 1.165) is 0 Å². The molecule has 0 aromatic heterocycles. The van der Waals surface area contributed by atoms with Gasteiger partial charge in [-0.05, 0) is 13.0 Å². The van der Waals surface area contributed by atoms with E-state index in [1.165, 1.54) is 13.0 Å². The summed E-state index contributed by atoms with van der Waals surface area (Å²) in [5.41, 5.74) is 0.877. The zero-order valence-electron chi connectivity index (χ0n) is 8.79. The fourth-order valence-electron chi connectivity index (χ4n) is 1.72. The van der Waals surface area contributed by atoms with E-state index < -0.39 is 12.1 Å². The highest BCUT2D eigenvalue weighted by Gasteiger charge is 2.32. The van der Waals surface area contributed by atoms with Gasteiger partial charge in [-0.15, -0.1) is 0 Å². The number of hydrogen-bond acceptors (Lipinski definition) is 3. The summed E-state index contributed by atoms with van der Waals surface area (Å²) in [6, 6.07) is 1.54. The van der Waals surface area contributed by atoms with Crippen LogP contribution in [0, 0.1) is 0 Å². The molecule has 1 N–H and O–H groups in total. The van der Waals surface area contributed by atoms with E-state index in [4.69, 9.17) is 33.0 Å². The van der Waals surface area contributed by atoms with Crippen molar-refractivity contribution in [2.75, 3.05) is 0 Å². The smallest absolute Gasteiger partial charge is 0.345 e. The van der Waals surface area contributed by atoms with E-state index in [-0.39, 0.29) is 33.6 Å². The van der Waals surface area contributed by atoms with Gasteiger partial charge in [-0.3, -0.25) is 4.79 Å². The second-order valence-electron chi connectivity index (χ2n) is 3.75. The van der Waals surface area contributed by atoms with Gasteiger partial charge in [0.25, 0.3) is 0 Å². The molecule has 1 heterocycles. The SMILES string of the molecule is CC(=O)c1cc2c(c(Cl)c1Cl)OC(C(=O)O)C2. The molecule has 17 heavy (non-hydrogen) atoms. The first-order chi connectivity index (χ1) is 7.91. The maximum absolute atomic E-state index is 11.3. The van der Waals surface area contributed by atoms with E-state index in [1.807, 2.05) is 0 Å². The molecule has 4 nitrogen and oxygen atoms in total. The Kier molecular flexibility index (Phi) is 3.02. The monoisotopic (exact) mass is 274 g/mol. The third-order valence-electron chi connectivity index (χ3n) is 2.56. The lowest BCUT2D eigenvalue weighted by molar-refractivity contribution is -0.144. The number of fused-ring (bicyclic) bond motifs is 1. The van der Waals surface area contributed by atoms with Crippen LogP contribution in [0.1, 0.15) is 22.8 Å². The summed E-state index contributed by atoms with van der Waals surface area (Å²) in [6.45, 7) is 1.37. The van der Waals surface area contributed by atoms with Crippen molar-refractivity contribution in [2.24, 2.45) is 0 Å². The quantitative estimate of drug-likeness (QED) is 0.842. The Morgan fingerprint density at radius 1 is 1.41 bits per heavy atom. The Balaban J connectivity index is 2.52. The Labute approximate surface area is 107 Å². The minimum Gasteiger partial charge on any atom is -0.478 e. The zero-order valence-corrected chi connectivity index (χ0v) is 10.3. The van der Waals surface area contributed by atoms with Crippen LogP contribution in [0.5, 0.6) is 5.75 Å². The first-order valence-corrected chi connectivity index (χ1v) is 5.58. The fourth-order valence-corrected chi connectivity index (χ4v) is 2.26. The molecule has 0 fully saturated rings. The highest BCUT2D eigenvalue weighted by molar-refractivity contribution is 6.45. The second-order valence-corrected chi connectivity index (χ2v) is 4.50. The van der Waals surface area contributed by atoms with Crippen molar-refractivity contribution in [2.45, 2.75) is 19.4 Å². The molecule has 1 unspecified atom stereocenters. The molecule has 0 saturated heterocycles. The summed E-state index contributed by atoms with van der Waals surface area (Å²) in [4.78, 5) is 22.2. The van der Waals surface area contributed by atoms with Gasteiger partial charge >= 0.3 is 5.97 Å². The first kappa shape index (κ1) is 12.2. The maximum Gasteiger partial charge on any atom is 0.345 e. The second kappa shape index (κ2) is 4.20. The molecule has 90 valence electrons. The largest absolute Gasteiger partial charge is 0.478 e. The van der Waals surface area contributed by atoms with E-state index >= 15 is 0 Å². The number of ether oxygens (including phenoxy) is 1. The summed E-state index contributed by atoms with van der Waals surface area (Å²) >= 11 is 11.9. The molecule has 1 aromatic rings. The van der Waals surface area contributed by atoms with Crippen LogP contribution in [0.4, 0.5) is 0 Å². The fraction of sp³-hybridized carbons (Fsp3) is 0.273. The van der Waals surface area contributed by atoms with Crippen molar-refractivity contribution in [3.63, 3.8) is 0 Å². The van der Waals surface area contributed by atoms with E-state index in [2.05, 4.69) is 0 Å². The van der Waals surface area contributed by atoms with Gasteiger partial charge in [-0.2, -0.15) is 0 Å². The Morgan fingerprint density at radius 2 is 2.06 bits per heavy atom. The van der Waals surface area contributed by atoms with Gasteiger partial charge in [0.15, 0.2) is 11.9 Å². The zero-order chi connectivity index (χ0) is 12.7. The van der Waals surface area contributed by atoms with Gasteiger partial charge in [0.1, 0.15) is 10.8 Å². The lowest BCUT2D eigenvalue weighted by Gasteiger charge is -2.08. The number of aliphatic carboxylic acids is 1. The minimum absolute atomic E-state index is 0.0955. The van der Waals surface area contributed by atoms with Crippen LogP contribution in [0.3, 0.4) is 0 Å². The third-order valence-corrected chi connectivity index (χ3v) is 3.41. The van der Waals surface area contributed by atoms with Crippen molar-refractivity contribution < 1.29 is 19.4 Å². The molecule has 6 heteroatoms. The number of halogens is 2. The third kappa shape index (κ3) is 1.98. The molecule has 0 radical (unpaired) electrons. The molecular weight excluding hydrogens is 267 g/mol. The van der Waals surface area contributed by atoms with Gasteiger partial charge in [-0.1, -0.05) is 23.2 Å². The molecule has 0 amide bonds. The van der Waals surface area contributed by atoms with Crippen molar-refractivity contribution >= 4 is 35.0 Å². The summed E-state index contributed by atoms with van der Waals surface area (Å²) in [7, 11) is 0. The Hall–Kier alpha value is -1.26. The predicted octanol–water partition coefficient (Wildman–Crippen LogP) is 2.58. The van der Waals surface area contributed by atoms with Crippen LogP contribution in [-0.2, 0) is 11.2 Å². The van der Waals surface area contributed by atoms with Crippen molar-refractivity contribution in [1.29, 1.82) is 0 Å². The number of Topliss-reactive ketones (excluding diaryl/α,β-unsaturated/α-hetero) is 1.